The molecule has 16 heavy (non-hydrogen) atoms. The summed E-state index contributed by atoms with van der Waals surface area (Å²) in [5.41, 5.74) is 4.46. The second-order valence-corrected chi connectivity index (χ2v) is 4.52. The highest BCUT2D eigenvalue weighted by atomic mass is 35.5. The summed E-state index contributed by atoms with van der Waals surface area (Å²) in [5, 5.41) is 4.68. The largest absolute Gasteiger partial charge is 0.323 e. The summed E-state index contributed by atoms with van der Waals surface area (Å²) < 4.78 is 0. The number of hydrazone groups is 1. The van der Waals surface area contributed by atoms with Crippen molar-refractivity contribution in [3.8, 4) is 0 Å². The number of fused-ring (bicyclic) bond motifs is 1. The van der Waals surface area contributed by atoms with Crippen molar-refractivity contribution in [2.45, 2.75) is 19.8 Å². The molecule has 2 N–H and O–H groups in total. The number of benzene rings is 1. The van der Waals surface area contributed by atoms with E-state index in [1.807, 2.05) is 18.2 Å². The molecular weight excluding hydrogens is 220 g/mol. The number of rotatable bonds is 2. The standard InChI is InChI=1S/C13H15ClN2/c1-3-8(2)12-7-9-6-10(14)4-5-11(9)13(12)16-15/h4-6,12H,2-3,7,15H2,1H3/b16-13-. The predicted molar refractivity (Wildman–Crippen MR) is 68.8 cm³/mol. The Hall–Kier alpha value is -1.28. The van der Waals surface area contributed by atoms with E-state index in [0.717, 1.165) is 29.1 Å². The first-order valence-corrected chi connectivity index (χ1v) is 5.79. The second kappa shape index (κ2) is 4.30. The number of hydrogen-bond acceptors (Lipinski definition) is 2. The van der Waals surface area contributed by atoms with Gasteiger partial charge in [0.05, 0.1) is 5.71 Å². The normalized spacial score (nSPS) is 21.1. The average Bonchev–Trinajstić information content (AvgIpc) is 2.65. The fourth-order valence-electron chi connectivity index (χ4n) is 2.23. The molecule has 1 aromatic rings. The molecule has 0 aliphatic heterocycles. The summed E-state index contributed by atoms with van der Waals surface area (Å²) in [7, 11) is 0. The van der Waals surface area contributed by atoms with Crippen LogP contribution in [-0.2, 0) is 6.42 Å². The molecule has 0 saturated heterocycles. The van der Waals surface area contributed by atoms with Crippen LogP contribution < -0.4 is 5.84 Å². The molecule has 0 amide bonds. The van der Waals surface area contributed by atoms with Crippen molar-refractivity contribution in [3.63, 3.8) is 0 Å². The fraction of sp³-hybridized carbons (Fsp3) is 0.308. The van der Waals surface area contributed by atoms with E-state index in [2.05, 4.69) is 18.6 Å². The van der Waals surface area contributed by atoms with Crippen LogP contribution >= 0.6 is 11.6 Å². The first kappa shape index (κ1) is 11.2. The van der Waals surface area contributed by atoms with E-state index in [1.54, 1.807) is 0 Å². The topological polar surface area (TPSA) is 38.4 Å². The van der Waals surface area contributed by atoms with Gasteiger partial charge in [0.25, 0.3) is 0 Å². The second-order valence-electron chi connectivity index (χ2n) is 4.08. The zero-order valence-corrected chi connectivity index (χ0v) is 10.1. The molecule has 0 heterocycles. The van der Waals surface area contributed by atoms with Crippen LogP contribution in [0.25, 0.3) is 0 Å². The molecule has 0 saturated carbocycles. The van der Waals surface area contributed by atoms with Crippen molar-refractivity contribution < 1.29 is 0 Å². The van der Waals surface area contributed by atoms with E-state index >= 15 is 0 Å². The van der Waals surface area contributed by atoms with Crippen LogP contribution in [0.4, 0.5) is 0 Å². The molecule has 2 rings (SSSR count). The minimum Gasteiger partial charge on any atom is -0.323 e. The molecule has 1 aliphatic carbocycles. The maximum Gasteiger partial charge on any atom is 0.0750 e. The van der Waals surface area contributed by atoms with Gasteiger partial charge in [-0.2, -0.15) is 5.10 Å². The Morgan fingerprint density at radius 2 is 2.38 bits per heavy atom. The van der Waals surface area contributed by atoms with E-state index in [4.69, 9.17) is 17.4 Å². The van der Waals surface area contributed by atoms with Gasteiger partial charge in [-0.15, -0.1) is 0 Å². The third kappa shape index (κ3) is 1.74. The number of nitrogens with zero attached hydrogens (tertiary/aromatic N) is 1. The van der Waals surface area contributed by atoms with Gasteiger partial charge in [0.1, 0.15) is 0 Å². The maximum absolute atomic E-state index is 5.98. The van der Waals surface area contributed by atoms with Crippen LogP contribution in [0.1, 0.15) is 24.5 Å². The smallest absolute Gasteiger partial charge is 0.0750 e. The molecule has 0 aromatic heterocycles. The molecule has 1 aliphatic rings. The summed E-state index contributed by atoms with van der Waals surface area (Å²) in [6.45, 7) is 6.19. The van der Waals surface area contributed by atoms with Crippen LogP contribution in [-0.4, -0.2) is 5.71 Å². The molecule has 2 nitrogen and oxygen atoms in total. The summed E-state index contributed by atoms with van der Waals surface area (Å²) in [6, 6.07) is 5.86. The Labute approximate surface area is 101 Å². The number of allylic oxidation sites excluding steroid dienone is 1. The first-order valence-electron chi connectivity index (χ1n) is 5.41. The van der Waals surface area contributed by atoms with Crippen LogP contribution in [0, 0.1) is 5.92 Å². The molecule has 1 atom stereocenters. The van der Waals surface area contributed by atoms with Gasteiger partial charge < -0.3 is 5.84 Å². The number of halogens is 1. The number of hydrogen-bond donors (Lipinski definition) is 1. The van der Waals surface area contributed by atoms with Crippen LogP contribution in [0.2, 0.25) is 5.02 Å². The third-order valence-electron chi connectivity index (χ3n) is 3.18. The van der Waals surface area contributed by atoms with Crippen molar-refractivity contribution in [3.05, 3.63) is 46.5 Å². The monoisotopic (exact) mass is 234 g/mol. The van der Waals surface area contributed by atoms with Crippen molar-refractivity contribution in [1.29, 1.82) is 0 Å². The summed E-state index contributed by atoms with van der Waals surface area (Å²) in [5.74, 6) is 5.74. The van der Waals surface area contributed by atoms with Crippen LogP contribution in [0.5, 0.6) is 0 Å². The predicted octanol–water partition coefficient (Wildman–Crippen LogP) is 3.14. The van der Waals surface area contributed by atoms with Gasteiger partial charge in [-0.1, -0.05) is 36.7 Å². The SMILES string of the molecule is C=C(CC)C1Cc2cc(Cl)ccc2/C1=N/N. The zero-order valence-electron chi connectivity index (χ0n) is 9.33. The third-order valence-corrected chi connectivity index (χ3v) is 3.42. The Balaban J connectivity index is 2.44. The first-order chi connectivity index (χ1) is 7.67. The maximum atomic E-state index is 5.98. The van der Waals surface area contributed by atoms with Crippen molar-refractivity contribution in [2.24, 2.45) is 16.9 Å². The summed E-state index contributed by atoms with van der Waals surface area (Å²) >= 11 is 5.98. The molecule has 84 valence electrons. The molecule has 1 aromatic carbocycles. The van der Waals surface area contributed by atoms with Gasteiger partial charge in [-0.25, -0.2) is 0 Å². The zero-order chi connectivity index (χ0) is 11.7. The number of nitrogens with two attached hydrogens (primary N) is 1. The fourth-order valence-corrected chi connectivity index (χ4v) is 2.42. The summed E-state index contributed by atoms with van der Waals surface area (Å²) in [6.07, 6.45) is 1.87. The Bertz CT molecular complexity index is 463. The van der Waals surface area contributed by atoms with Crippen LogP contribution in [0.3, 0.4) is 0 Å². The van der Waals surface area contributed by atoms with E-state index in [0.29, 0.717) is 0 Å². The molecule has 3 heteroatoms. The molecule has 1 unspecified atom stereocenters. The lowest BCUT2D eigenvalue weighted by molar-refractivity contribution is 0.787. The Morgan fingerprint density at radius 3 is 3.00 bits per heavy atom. The minimum atomic E-state index is 0.253. The lowest BCUT2D eigenvalue weighted by Crippen LogP contribution is -2.14. The van der Waals surface area contributed by atoms with Crippen molar-refractivity contribution in [1.82, 2.24) is 0 Å². The lowest BCUT2D eigenvalue weighted by atomic mass is 9.94. The van der Waals surface area contributed by atoms with Gasteiger partial charge in [-0.05, 0) is 30.5 Å². The lowest BCUT2D eigenvalue weighted by Gasteiger charge is -2.11. The summed E-state index contributed by atoms with van der Waals surface area (Å²) in [4.78, 5) is 0. The molecule has 0 radical (unpaired) electrons. The van der Waals surface area contributed by atoms with Gasteiger partial charge >= 0.3 is 0 Å². The molecular formula is C13H15ClN2. The van der Waals surface area contributed by atoms with Gasteiger partial charge in [0, 0.05) is 16.5 Å². The highest BCUT2D eigenvalue weighted by Crippen LogP contribution is 2.33. The van der Waals surface area contributed by atoms with Crippen molar-refractivity contribution in [2.75, 3.05) is 0 Å². The van der Waals surface area contributed by atoms with Crippen molar-refractivity contribution >= 4 is 17.3 Å². The van der Waals surface area contributed by atoms with E-state index in [1.165, 1.54) is 11.1 Å². The van der Waals surface area contributed by atoms with E-state index < -0.39 is 0 Å². The Kier molecular flexibility index (Phi) is 3.01. The van der Waals surface area contributed by atoms with Gasteiger partial charge in [-0.3, -0.25) is 0 Å². The molecule has 0 bridgehead atoms. The quantitative estimate of drug-likeness (QED) is 0.477. The van der Waals surface area contributed by atoms with E-state index in [-0.39, 0.29) is 5.92 Å². The highest BCUT2D eigenvalue weighted by Gasteiger charge is 2.29. The van der Waals surface area contributed by atoms with Gasteiger partial charge in [0.2, 0.25) is 0 Å². The van der Waals surface area contributed by atoms with Crippen LogP contribution in [0.15, 0.2) is 35.5 Å². The molecule has 0 spiro atoms. The average molecular weight is 235 g/mol. The highest BCUT2D eigenvalue weighted by molar-refractivity contribution is 6.30. The Morgan fingerprint density at radius 1 is 1.62 bits per heavy atom. The van der Waals surface area contributed by atoms with E-state index in [9.17, 15) is 0 Å². The van der Waals surface area contributed by atoms with Gasteiger partial charge in [0.15, 0.2) is 0 Å². The minimum absolute atomic E-state index is 0.253. The molecule has 0 fully saturated rings.